The van der Waals surface area contributed by atoms with Crippen molar-refractivity contribution in [2.24, 2.45) is 0 Å². The average molecular weight is 141 g/mol. The lowest BCUT2D eigenvalue weighted by Gasteiger charge is -2.21. The van der Waals surface area contributed by atoms with Gasteiger partial charge in [0.05, 0.1) is 0 Å². The second-order valence-electron chi connectivity index (χ2n) is 2.59. The van der Waals surface area contributed by atoms with Crippen molar-refractivity contribution in [3.05, 3.63) is 11.8 Å². The molecule has 1 fully saturated rings. The Hall–Kier alpha value is -0.500. The lowest BCUT2D eigenvalue weighted by molar-refractivity contribution is 0.0561. The highest BCUT2D eigenvalue weighted by Gasteiger charge is 2.22. The Morgan fingerprint density at radius 3 is 2.90 bits per heavy atom. The monoisotopic (exact) mass is 141 g/mol. The van der Waals surface area contributed by atoms with E-state index in [0.717, 1.165) is 19.4 Å². The summed E-state index contributed by atoms with van der Waals surface area (Å²) in [7, 11) is 0. The molecule has 1 unspecified atom stereocenters. The Balaban J connectivity index is 2.63. The van der Waals surface area contributed by atoms with Crippen molar-refractivity contribution in [1.29, 1.82) is 0 Å². The summed E-state index contributed by atoms with van der Waals surface area (Å²) < 4.78 is 0. The van der Waals surface area contributed by atoms with Crippen molar-refractivity contribution in [2.45, 2.75) is 32.9 Å². The van der Waals surface area contributed by atoms with E-state index in [1.54, 1.807) is 0 Å². The van der Waals surface area contributed by atoms with E-state index in [2.05, 4.69) is 13.0 Å². The third kappa shape index (κ3) is 1.16. The van der Waals surface area contributed by atoms with E-state index in [1.165, 1.54) is 5.70 Å². The molecule has 1 rings (SSSR count). The van der Waals surface area contributed by atoms with Crippen LogP contribution in [0.5, 0.6) is 0 Å². The summed E-state index contributed by atoms with van der Waals surface area (Å²) in [6, 6.07) is 0. The van der Waals surface area contributed by atoms with Crippen LogP contribution in [-0.2, 0) is 0 Å². The van der Waals surface area contributed by atoms with Crippen LogP contribution in [0.3, 0.4) is 0 Å². The van der Waals surface area contributed by atoms with Crippen LogP contribution in [0, 0.1) is 0 Å². The van der Waals surface area contributed by atoms with Crippen molar-refractivity contribution in [2.75, 3.05) is 6.54 Å². The second kappa shape index (κ2) is 3.06. The Kier molecular flexibility index (Phi) is 2.33. The maximum Gasteiger partial charge on any atom is 0.127 e. The largest absolute Gasteiger partial charge is 0.374 e. The van der Waals surface area contributed by atoms with Gasteiger partial charge < -0.3 is 10.0 Å². The molecule has 2 nitrogen and oxygen atoms in total. The van der Waals surface area contributed by atoms with Crippen molar-refractivity contribution in [3.8, 4) is 0 Å². The highest BCUT2D eigenvalue weighted by atomic mass is 16.3. The van der Waals surface area contributed by atoms with Gasteiger partial charge in [-0.2, -0.15) is 0 Å². The molecular formula is C8H15NO. The summed E-state index contributed by atoms with van der Waals surface area (Å²) >= 11 is 0. The summed E-state index contributed by atoms with van der Waals surface area (Å²) in [5.74, 6) is 0. The van der Waals surface area contributed by atoms with Crippen LogP contribution in [-0.4, -0.2) is 22.8 Å². The first-order chi connectivity index (χ1) is 4.79. The van der Waals surface area contributed by atoms with Gasteiger partial charge in [-0.15, -0.1) is 0 Å². The molecule has 1 heterocycles. The third-order valence-electron chi connectivity index (χ3n) is 2.06. The Morgan fingerprint density at radius 1 is 1.80 bits per heavy atom. The summed E-state index contributed by atoms with van der Waals surface area (Å²) in [5, 5.41) is 9.38. The predicted octanol–water partition coefficient (Wildman–Crippen LogP) is 1.32. The Bertz CT molecular complexity index is 142. The molecule has 1 N–H and O–H groups in total. The number of aliphatic hydroxyl groups is 1. The van der Waals surface area contributed by atoms with E-state index in [1.807, 2.05) is 11.8 Å². The topological polar surface area (TPSA) is 23.5 Å². The fourth-order valence-electron chi connectivity index (χ4n) is 1.49. The van der Waals surface area contributed by atoms with Gasteiger partial charge in [0, 0.05) is 12.2 Å². The lowest BCUT2D eigenvalue weighted by atomic mass is 10.3. The smallest absolute Gasteiger partial charge is 0.127 e. The molecule has 0 spiro atoms. The van der Waals surface area contributed by atoms with Gasteiger partial charge in [0.25, 0.3) is 0 Å². The van der Waals surface area contributed by atoms with Crippen LogP contribution >= 0.6 is 0 Å². The molecule has 0 aromatic rings. The van der Waals surface area contributed by atoms with E-state index in [-0.39, 0.29) is 6.23 Å². The van der Waals surface area contributed by atoms with Gasteiger partial charge in [-0.05, 0) is 26.7 Å². The number of likely N-dealkylation sites (tertiary alicyclic amines) is 1. The molecule has 1 atom stereocenters. The first-order valence-electron chi connectivity index (χ1n) is 3.89. The minimum absolute atomic E-state index is 0.226. The van der Waals surface area contributed by atoms with Gasteiger partial charge in [0.15, 0.2) is 0 Å². The van der Waals surface area contributed by atoms with Crippen LogP contribution in [0.25, 0.3) is 0 Å². The van der Waals surface area contributed by atoms with E-state index >= 15 is 0 Å². The standard InChI is InChI=1S/C8H15NO/c1-3-7-5-6-8(10)9(7)4-2/h3,8,10H,4-6H2,1-2H3/b7-3+. The van der Waals surface area contributed by atoms with Crippen LogP contribution in [0.1, 0.15) is 26.7 Å². The summed E-state index contributed by atoms with van der Waals surface area (Å²) in [4.78, 5) is 2.04. The van der Waals surface area contributed by atoms with Gasteiger partial charge in [-0.3, -0.25) is 0 Å². The highest BCUT2D eigenvalue weighted by molar-refractivity contribution is 5.05. The molecule has 58 valence electrons. The number of hydrogen-bond donors (Lipinski definition) is 1. The van der Waals surface area contributed by atoms with Crippen molar-refractivity contribution < 1.29 is 5.11 Å². The van der Waals surface area contributed by atoms with Crippen molar-refractivity contribution in [1.82, 2.24) is 4.90 Å². The molecule has 2 heteroatoms. The van der Waals surface area contributed by atoms with Crippen LogP contribution < -0.4 is 0 Å². The molecule has 1 aliphatic heterocycles. The maximum absolute atomic E-state index is 9.38. The minimum atomic E-state index is -0.226. The number of allylic oxidation sites excluding steroid dienone is 2. The molecule has 1 aliphatic rings. The van der Waals surface area contributed by atoms with Gasteiger partial charge in [-0.1, -0.05) is 6.08 Å². The number of aliphatic hydroxyl groups excluding tert-OH is 1. The molecular weight excluding hydrogens is 126 g/mol. The number of rotatable bonds is 1. The summed E-state index contributed by atoms with van der Waals surface area (Å²) in [6.45, 7) is 5.01. The Morgan fingerprint density at radius 2 is 2.50 bits per heavy atom. The zero-order chi connectivity index (χ0) is 7.56. The van der Waals surface area contributed by atoms with E-state index in [4.69, 9.17) is 0 Å². The predicted molar refractivity (Wildman–Crippen MR) is 41.4 cm³/mol. The molecule has 10 heavy (non-hydrogen) atoms. The van der Waals surface area contributed by atoms with E-state index in [0.29, 0.717) is 0 Å². The first kappa shape index (κ1) is 7.61. The van der Waals surface area contributed by atoms with Gasteiger partial charge >= 0.3 is 0 Å². The van der Waals surface area contributed by atoms with Gasteiger partial charge in [0.2, 0.25) is 0 Å². The van der Waals surface area contributed by atoms with E-state index < -0.39 is 0 Å². The molecule has 1 saturated heterocycles. The molecule has 0 radical (unpaired) electrons. The average Bonchev–Trinajstić information content (AvgIpc) is 2.30. The van der Waals surface area contributed by atoms with Crippen molar-refractivity contribution in [3.63, 3.8) is 0 Å². The zero-order valence-corrected chi connectivity index (χ0v) is 6.67. The summed E-state index contributed by atoms with van der Waals surface area (Å²) in [6.07, 6.45) is 3.79. The molecule has 0 saturated carbocycles. The number of hydrogen-bond acceptors (Lipinski definition) is 2. The highest BCUT2D eigenvalue weighted by Crippen LogP contribution is 2.24. The normalized spacial score (nSPS) is 30.1. The zero-order valence-electron chi connectivity index (χ0n) is 6.67. The molecule has 0 aliphatic carbocycles. The number of nitrogens with zero attached hydrogens (tertiary/aromatic N) is 1. The minimum Gasteiger partial charge on any atom is -0.374 e. The van der Waals surface area contributed by atoms with Crippen LogP contribution in [0.15, 0.2) is 11.8 Å². The lowest BCUT2D eigenvalue weighted by Crippen LogP contribution is -2.27. The van der Waals surface area contributed by atoms with Crippen LogP contribution in [0.2, 0.25) is 0 Å². The fourth-order valence-corrected chi connectivity index (χ4v) is 1.49. The molecule has 0 aromatic heterocycles. The molecule has 0 bridgehead atoms. The van der Waals surface area contributed by atoms with Crippen LogP contribution in [0.4, 0.5) is 0 Å². The Labute approximate surface area is 62.2 Å². The molecule has 0 amide bonds. The first-order valence-corrected chi connectivity index (χ1v) is 3.89. The fraction of sp³-hybridized carbons (Fsp3) is 0.750. The summed E-state index contributed by atoms with van der Waals surface area (Å²) in [5.41, 5.74) is 1.29. The van der Waals surface area contributed by atoms with E-state index in [9.17, 15) is 5.11 Å². The van der Waals surface area contributed by atoms with Crippen molar-refractivity contribution >= 4 is 0 Å². The quantitative estimate of drug-likeness (QED) is 0.595. The maximum atomic E-state index is 9.38. The third-order valence-corrected chi connectivity index (χ3v) is 2.06. The van der Waals surface area contributed by atoms with Gasteiger partial charge in [-0.25, -0.2) is 0 Å². The molecule has 0 aromatic carbocycles. The van der Waals surface area contributed by atoms with Gasteiger partial charge in [0.1, 0.15) is 6.23 Å². The second-order valence-corrected chi connectivity index (χ2v) is 2.59. The SMILES string of the molecule is C/C=C1\CCC(O)N1CC.